The van der Waals surface area contributed by atoms with Crippen molar-refractivity contribution in [2.24, 2.45) is 0 Å². The van der Waals surface area contributed by atoms with E-state index in [0.717, 1.165) is 64.6 Å². The lowest BCUT2D eigenvalue weighted by atomic mass is 9.91. The third-order valence-electron chi connectivity index (χ3n) is 8.43. The Hall–Kier alpha value is -2.02. The van der Waals surface area contributed by atoms with Crippen molar-refractivity contribution in [2.45, 2.75) is 112 Å². The van der Waals surface area contributed by atoms with Gasteiger partial charge in [0, 0.05) is 98.4 Å². The van der Waals surface area contributed by atoms with E-state index in [1.165, 1.54) is 16.9 Å². The Bertz CT molecular complexity index is 1050. The summed E-state index contributed by atoms with van der Waals surface area (Å²) in [4.78, 5) is 19.4. The van der Waals surface area contributed by atoms with Gasteiger partial charge in [0.2, 0.25) is 0 Å². The van der Waals surface area contributed by atoms with Crippen LogP contribution < -0.4 is 4.90 Å². The zero-order chi connectivity index (χ0) is 30.6. The first-order valence-corrected chi connectivity index (χ1v) is 15.7. The Morgan fingerprint density at radius 3 is 1.34 bits per heavy atom. The van der Waals surface area contributed by atoms with Crippen LogP contribution in [0.3, 0.4) is 0 Å². The summed E-state index contributed by atoms with van der Waals surface area (Å²) in [5.41, 5.74) is 5.75. The van der Waals surface area contributed by atoms with Crippen LogP contribution in [0.1, 0.15) is 100 Å². The molecule has 0 aromatic carbocycles. The molecular formula is C35H60N6. The van der Waals surface area contributed by atoms with Crippen LogP contribution in [-0.4, -0.2) is 88.1 Å². The number of aromatic nitrogens is 2. The van der Waals surface area contributed by atoms with Gasteiger partial charge in [-0.1, -0.05) is 47.6 Å². The predicted octanol–water partition coefficient (Wildman–Crippen LogP) is 6.59. The fraction of sp³-hybridized carbons (Fsp3) is 0.714. The van der Waals surface area contributed by atoms with E-state index in [9.17, 15) is 0 Å². The Morgan fingerprint density at radius 1 is 0.537 bits per heavy atom. The summed E-state index contributed by atoms with van der Waals surface area (Å²) in [6.07, 6.45) is 4.09. The molecule has 6 nitrogen and oxygen atoms in total. The standard InChI is InChI=1S/C18H31N3.C17H29N3/c1-17(2,3)16-8-7-15(13-19-16)14-20-9-11-21(12-10-20)18(4,5)6;1-16(2,3)15-8-7-14(13-18-15)19-9-11-20(12-10-19)17(4,5)6/h7-8,13H,9-12,14H2,1-6H3;7-8,13H,9-12H2,1-6H3. The van der Waals surface area contributed by atoms with E-state index in [1.54, 1.807) is 0 Å². The van der Waals surface area contributed by atoms with Crippen LogP contribution in [0, 0.1) is 0 Å². The van der Waals surface area contributed by atoms with E-state index in [4.69, 9.17) is 0 Å². The minimum atomic E-state index is 0.128. The first-order valence-electron chi connectivity index (χ1n) is 15.7. The second-order valence-electron chi connectivity index (χ2n) is 16.0. The SMILES string of the molecule is CC(C)(C)c1ccc(CN2CCN(C(C)(C)C)CC2)cn1.CC(C)(C)c1ccc(N2CCN(C(C)(C)C)CC2)cn1. The molecule has 2 fully saturated rings. The van der Waals surface area contributed by atoms with Crippen LogP contribution in [0.2, 0.25) is 0 Å². The Balaban J connectivity index is 0.000000226. The van der Waals surface area contributed by atoms with Crippen molar-refractivity contribution in [1.82, 2.24) is 24.7 Å². The van der Waals surface area contributed by atoms with Crippen LogP contribution in [0.25, 0.3) is 0 Å². The summed E-state index contributed by atoms with van der Waals surface area (Å²) in [6, 6.07) is 8.82. The molecule has 0 aliphatic carbocycles. The molecule has 2 aromatic heterocycles. The van der Waals surface area contributed by atoms with Gasteiger partial charge >= 0.3 is 0 Å². The molecule has 230 valence electrons. The normalized spacial score (nSPS) is 18.7. The van der Waals surface area contributed by atoms with Crippen molar-refractivity contribution in [3.63, 3.8) is 0 Å². The molecule has 2 saturated heterocycles. The second kappa shape index (κ2) is 13.1. The fourth-order valence-electron chi connectivity index (χ4n) is 5.45. The van der Waals surface area contributed by atoms with E-state index < -0.39 is 0 Å². The van der Waals surface area contributed by atoms with Gasteiger partial charge in [0.05, 0.1) is 11.9 Å². The maximum absolute atomic E-state index is 4.64. The molecule has 2 aromatic rings. The summed E-state index contributed by atoms with van der Waals surface area (Å²) in [5, 5.41) is 0. The summed E-state index contributed by atoms with van der Waals surface area (Å²) >= 11 is 0. The Morgan fingerprint density at radius 2 is 0.976 bits per heavy atom. The highest BCUT2D eigenvalue weighted by Gasteiger charge is 2.27. The molecule has 0 N–H and O–H groups in total. The maximum Gasteiger partial charge on any atom is 0.0553 e. The van der Waals surface area contributed by atoms with E-state index >= 15 is 0 Å². The van der Waals surface area contributed by atoms with Gasteiger partial charge in [-0.15, -0.1) is 0 Å². The average molecular weight is 565 g/mol. The number of pyridine rings is 2. The molecule has 0 atom stereocenters. The average Bonchev–Trinajstić information content (AvgIpc) is 2.88. The molecule has 6 heteroatoms. The van der Waals surface area contributed by atoms with Gasteiger partial charge in [-0.05, 0) is 65.3 Å². The first kappa shape index (κ1) is 33.5. The summed E-state index contributed by atoms with van der Waals surface area (Å²) in [7, 11) is 0. The van der Waals surface area contributed by atoms with Crippen molar-refractivity contribution in [2.75, 3.05) is 57.3 Å². The lowest BCUT2D eigenvalue weighted by Gasteiger charge is -2.43. The van der Waals surface area contributed by atoms with Crippen molar-refractivity contribution < 1.29 is 0 Å². The lowest BCUT2D eigenvalue weighted by molar-refractivity contribution is 0.0590. The topological polar surface area (TPSA) is 38.7 Å². The summed E-state index contributed by atoms with van der Waals surface area (Å²) in [6.45, 7) is 37.1. The summed E-state index contributed by atoms with van der Waals surface area (Å²) < 4.78 is 0. The molecule has 0 unspecified atom stereocenters. The van der Waals surface area contributed by atoms with Crippen molar-refractivity contribution in [3.8, 4) is 0 Å². The number of piperazine rings is 2. The highest BCUT2D eigenvalue weighted by atomic mass is 15.3. The van der Waals surface area contributed by atoms with Crippen molar-refractivity contribution in [1.29, 1.82) is 0 Å². The van der Waals surface area contributed by atoms with Crippen LogP contribution in [-0.2, 0) is 17.4 Å². The third-order valence-corrected chi connectivity index (χ3v) is 8.43. The van der Waals surface area contributed by atoms with Gasteiger partial charge in [-0.2, -0.15) is 0 Å². The molecule has 2 aliphatic rings. The van der Waals surface area contributed by atoms with Gasteiger partial charge in [0.25, 0.3) is 0 Å². The van der Waals surface area contributed by atoms with E-state index in [0.29, 0.717) is 5.54 Å². The number of nitrogens with zero attached hydrogens (tertiary/aromatic N) is 6. The number of hydrogen-bond acceptors (Lipinski definition) is 6. The van der Waals surface area contributed by atoms with Gasteiger partial charge in [-0.3, -0.25) is 24.7 Å². The zero-order valence-electron chi connectivity index (χ0n) is 28.5. The molecule has 4 rings (SSSR count). The molecule has 0 saturated carbocycles. The molecule has 0 radical (unpaired) electrons. The largest absolute Gasteiger partial charge is 0.368 e. The van der Waals surface area contributed by atoms with Gasteiger partial charge in [-0.25, -0.2) is 0 Å². The van der Waals surface area contributed by atoms with Crippen molar-refractivity contribution in [3.05, 3.63) is 53.6 Å². The molecule has 4 heterocycles. The minimum absolute atomic E-state index is 0.128. The van der Waals surface area contributed by atoms with E-state index in [2.05, 4.69) is 143 Å². The first-order chi connectivity index (χ1) is 18.8. The van der Waals surface area contributed by atoms with Crippen LogP contribution in [0.15, 0.2) is 36.7 Å². The van der Waals surface area contributed by atoms with Crippen LogP contribution >= 0.6 is 0 Å². The quantitative estimate of drug-likeness (QED) is 0.419. The second-order valence-corrected chi connectivity index (χ2v) is 16.0. The smallest absolute Gasteiger partial charge is 0.0553 e. The highest BCUT2D eigenvalue weighted by molar-refractivity contribution is 5.45. The maximum atomic E-state index is 4.64. The molecule has 0 spiro atoms. The highest BCUT2D eigenvalue weighted by Crippen LogP contribution is 2.25. The molecular weight excluding hydrogens is 504 g/mol. The molecule has 0 bridgehead atoms. The number of anilines is 1. The number of hydrogen-bond donors (Lipinski definition) is 0. The van der Waals surface area contributed by atoms with E-state index in [1.807, 2.05) is 6.20 Å². The van der Waals surface area contributed by atoms with Crippen molar-refractivity contribution >= 4 is 5.69 Å². The van der Waals surface area contributed by atoms with Gasteiger partial charge in [0.15, 0.2) is 0 Å². The Kier molecular flexibility index (Phi) is 10.7. The van der Waals surface area contributed by atoms with E-state index in [-0.39, 0.29) is 16.4 Å². The molecule has 0 amide bonds. The minimum Gasteiger partial charge on any atom is -0.368 e. The van der Waals surface area contributed by atoms with Gasteiger partial charge < -0.3 is 4.90 Å². The van der Waals surface area contributed by atoms with Gasteiger partial charge in [0.1, 0.15) is 0 Å². The fourth-order valence-corrected chi connectivity index (χ4v) is 5.45. The molecule has 41 heavy (non-hydrogen) atoms. The predicted molar refractivity (Wildman–Crippen MR) is 176 cm³/mol. The third kappa shape index (κ3) is 10.0. The zero-order valence-corrected chi connectivity index (χ0v) is 28.5. The summed E-state index contributed by atoms with van der Waals surface area (Å²) in [5.74, 6) is 0. The van der Waals surface area contributed by atoms with Crippen LogP contribution in [0.4, 0.5) is 5.69 Å². The lowest BCUT2D eigenvalue weighted by Crippen LogP contribution is -2.53. The Labute approximate surface area is 252 Å². The van der Waals surface area contributed by atoms with Crippen LogP contribution in [0.5, 0.6) is 0 Å². The number of rotatable bonds is 3. The monoisotopic (exact) mass is 564 g/mol. The molecule has 2 aliphatic heterocycles.